The van der Waals surface area contributed by atoms with Crippen LogP contribution in [0.3, 0.4) is 0 Å². The van der Waals surface area contributed by atoms with E-state index in [1.165, 1.54) is 0 Å². The number of hydrogen-bond donors (Lipinski definition) is 0. The van der Waals surface area contributed by atoms with Gasteiger partial charge in [-0.15, -0.1) is 0 Å². The predicted molar refractivity (Wildman–Crippen MR) is 61.2 cm³/mol. The Morgan fingerprint density at radius 3 is 2.93 bits per heavy atom. The Bertz CT molecular complexity index is 528. The van der Waals surface area contributed by atoms with Crippen LogP contribution in [0.4, 0.5) is 5.82 Å². The third-order valence-electron chi connectivity index (χ3n) is 2.08. The van der Waals surface area contributed by atoms with Gasteiger partial charge in [-0.3, -0.25) is 0 Å². The molecule has 0 aliphatic rings. The highest BCUT2D eigenvalue weighted by molar-refractivity contribution is 7.78. The standard InChI is InChI=1S/C11H8N2S/c1-8-10-5-3-2-4-9(10)6-11(13-8)12-7-14/h2-6H,1H3. The van der Waals surface area contributed by atoms with E-state index in [1.54, 1.807) is 0 Å². The molecule has 1 aromatic heterocycles. The number of aliphatic imine (C=N–C) groups is 1. The van der Waals surface area contributed by atoms with Gasteiger partial charge >= 0.3 is 0 Å². The second-order valence-corrected chi connectivity index (χ2v) is 3.17. The van der Waals surface area contributed by atoms with Crippen molar-refractivity contribution < 1.29 is 0 Å². The molecule has 2 rings (SSSR count). The van der Waals surface area contributed by atoms with Crippen molar-refractivity contribution in [2.75, 3.05) is 0 Å². The van der Waals surface area contributed by atoms with E-state index >= 15 is 0 Å². The van der Waals surface area contributed by atoms with Gasteiger partial charge in [-0.1, -0.05) is 24.3 Å². The maximum absolute atomic E-state index is 4.54. The molecule has 0 N–H and O–H groups in total. The van der Waals surface area contributed by atoms with Gasteiger partial charge in [0, 0.05) is 11.1 Å². The molecule has 0 unspecified atom stereocenters. The molecule has 1 aromatic carbocycles. The molecule has 0 amide bonds. The lowest BCUT2D eigenvalue weighted by Crippen LogP contribution is -1.83. The summed E-state index contributed by atoms with van der Waals surface area (Å²) in [5.74, 6) is 0.621. The molecule has 0 radical (unpaired) electrons. The molecule has 2 nitrogen and oxygen atoms in total. The fourth-order valence-corrected chi connectivity index (χ4v) is 1.55. The van der Waals surface area contributed by atoms with Gasteiger partial charge in [0.15, 0.2) is 5.82 Å². The third kappa shape index (κ3) is 1.55. The second-order valence-electron chi connectivity index (χ2n) is 2.99. The zero-order valence-corrected chi connectivity index (χ0v) is 8.51. The number of nitrogens with zero attached hydrogens (tertiary/aromatic N) is 2. The Kier molecular flexibility index (Phi) is 2.35. The first kappa shape index (κ1) is 9.00. The van der Waals surface area contributed by atoms with Gasteiger partial charge < -0.3 is 0 Å². The van der Waals surface area contributed by atoms with Gasteiger partial charge in [0.2, 0.25) is 0 Å². The van der Waals surface area contributed by atoms with Crippen LogP contribution in [-0.4, -0.2) is 10.1 Å². The molecule has 0 aliphatic carbocycles. The van der Waals surface area contributed by atoms with E-state index in [0.717, 1.165) is 16.5 Å². The number of pyridine rings is 1. The molecule has 0 atom stereocenters. The Morgan fingerprint density at radius 1 is 1.36 bits per heavy atom. The van der Waals surface area contributed by atoms with Gasteiger partial charge in [0.25, 0.3) is 0 Å². The third-order valence-corrected chi connectivity index (χ3v) is 2.17. The molecule has 14 heavy (non-hydrogen) atoms. The van der Waals surface area contributed by atoms with Crippen molar-refractivity contribution in [3.63, 3.8) is 0 Å². The van der Waals surface area contributed by atoms with Gasteiger partial charge in [-0.25, -0.2) is 4.98 Å². The van der Waals surface area contributed by atoms with E-state index in [9.17, 15) is 0 Å². The molecule has 0 aliphatic heterocycles. The molecule has 0 saturated carbocycles. The molecule has 68 valence electrons. The summed E-state index contributed by atoms with van der Waals surface area (Å²) in [7, 11) is 0. The number of isothiocyanates is 1. The first-order chi connectivity index (χ1) is 6.81. The van der Waals surface area contributed by atoms with Gasteiger partial charge in [0.1, 0.15) is 0 Å². The maximum Gasteiger partial charge on any atom is 0.163 e. The van der Waals surface area contributed by atoms with Crippen LogP contribution in [0, 0.1) is 6.92 Å². The summed E-state index contributed by atoms with van der Waals surface area (Å²) < 4.78 is 0. The Morgan fingerprint density at radius 2 is 2.14 bits per heavy atom. The highest BCUT2D eigenvalue weighted by Crippen LogP contribution is 2.21. The molecular weight excluding hydrogens is 192 g/mol. The lowest BCUT2D eigenvalue weighted by atomic mass is 10.1. The minimum absolute atomic E-state index is 0.621. The average Bonchev–Trinajstić information content (AvgIpc) is 2.18. The largest absolute Gasteiger partial charge is 0.233 e. The first-order valence-corrected chi connectivity index (χ1v) is 4.66. The number of hydrogen-bond acceptors (Lipinski definition) is 3. The fourth-order valence-electron chi connectivity index (χ4n) is 1.46. The smallest absolute Gasteiger partial charge is 0.163 e. The normalized spacial score (nSPS) is 9.79. The summed E-state index contributed by atoms with van der Waals surface area (Å²) in [5.41, 5.74) is 0.965. The van der Waals surface area contributed by atoms with Crippen molar-refractivity contribution in [3.8, 4) is 0 Å². The summed E-state index contributed by atoms with van der Waals surface area (Å²) >= 11 is 4.54. The molecular formula is C11H8N2S. The number of aryl methyl sites for hydroxylation is 1. The first-order valence-electron chi connectivity index (χ1n) is 4.25. The lowest BCUT2D eigenvalue weighted by molar-refractivity contribution is 1.21. The van der Waals surface area contributed by atoms with Gasteiger partial charge in [-0.2, -0.15) is 4.99 Å². The second kappa shape index (κ2) is 3.66. The summed E-state index contributed by atoms with van der Waals surface area (Å²) in [6.45, 7) is 1.96. The molecule has 1 heterocycles. The monoisotopic (exact) mass is 200 g/mol. The molecule has 0 saturated heterocycles. The van der Waals surface area contributed by atoms with Crippen molar-refractivity contribution in [3.05, 3.63) is 36.0 Å². The van der Waals surface area contributed by atoms with E-state index in [0.29, 0.717) is 5.82 Å². The van der Waals surface area contributed by atoms with Crippen molar-refractivity contribution in [1.29, 1.82) is 0 Å². The van der Waals surface area contributed by atoms with E-state index in [1.807, 2.05) is 37.3 Å². The maximum atomic E-state index is 4.54. The van der Waals surface area contributed by atoms with Crippen molar-refractivity contribution in [1.82, 2.24) is 4.98 Å². The molecule has 0 fully saturated rings. The zero-order chi connectivity index (χ0) is 9.97. The Hall–Kier alpha value is -1.57. The van der Waals surface area contributed by atoms with Crippen LogP contribution in [0.1, 0.15) is 5.69 Å². The lowest BCUT2D eigenvalue weighted by Gasteiger charge is -2.01. The van der Waals surface area contributed by atoms with Crippen molar-refractivity contribution in [2.24, 2.45) is 4.99 Å². The molecule has 0 bridgehead atoms. The van der Waals surface area contributed by atoms with Crippen LogP contribution >= 0.6 is 12.2 Å². The van der Waals surface area contributed by atoms with Crippen molar-refractivity contribution in [2.45, 2.75) is 6.92 Å². The van der Waals surface area contributed by atoms with Crippen LogP contribution in [0.2, 0.25) is 0 Å². The minimum atomic E-state index is 0.621. The summed E-state index contributed by atoms with van der Waals surface area (Å²) in [6, 6.07) is 9.97. The van der Waals surface area contributed by atoms with E-state index in [4.69, 9.17) is 0 Å². The van der Waals surface area contributed by atoms with Crippen LogP contribution in [-0.2, 0) is 0 Å². The van der Waals surface area contributed by atoms with E-state index < -0.39 is 0 Å². The predicted octanol–water partition coefficient (Wildman–Crippen LogP) is 3.28. The topological polar surface area (TPSA) is 25.2 Å². The summed E-state index contributed by atoms with van der Waals surface area (Å²) in [4.78, 5) is 8.17. The number of thiocarbonyl (C=S) groups is 1. The van der Waals surface area contributed by atoms with Gasteiger partial charge in [0.05, 0.1) is 5.16 Å². The number of benzene rings is 1. The fraction of sp³-hybridized carbons (Fsp3) is 0.0909. The van der Waals surface area contributed by atoms with Crippen molar-refractivity contribution >= 4 is 34.0 Å². The average molecular weight is 200 g/mol. The van der Waals surface area contributed by atoms with Gasteiger partial charge in [-0.05, 0) is 30.6 Å². The van der Waals surface area contributed by atoms with E-state index in [-0.39, 0.29) is 0 Å². The van der Waals surface area contributed by atoms with Crippen LogP contribution in [0.15, 0.2) is 35.3 Å². The number of fused-ring (bicyclic) bond motifs is 1. The quantitative estimate of drug-likeness (QED) is 0.521. The Balaban J connectivity index is 2.78. The van der Waals surface area contributed by atoms with Crippen LogP contribution < -0.4 is 0 Å². The zero-order valence-electron chi connectivity index (χ0n) is 7.69. The summed E-state index contributed by atoms with van der Waals surface area (Å²) in [6.07, 6.45) is 0. The molecule has 0 spiro atoms. The van der Waals surface area contributed by atoms with Crippen LogP contribution in [0.5, 0.6) is 0 Å². The SMILES string of the molecule is Cc1nc(N=C=S)cc2ccccc12. The number of aromatic nitrogens is 1. The summed E-state index contributed by atoms with van der Waals surface area (Å²) in [5, 5.41) is 4.60. The molecule has 3 heteroatoms. The van der Waals surface area contributed by atoms with Crippen LogP contribution in [0.25, 0.3) is 10.8 Å². The highest BCUT2D eigenvalue weighted by atomic mass is 32.1. The highest BCUT2D eigenvalue weighted by Gasteiger charge is 1.99. The minimum Gasteiger partial charge on any atom is -0.233 e. The Labute approximate surface area is 87.3 Å². The van der Waals surface area contributed by atoms with E-state index in [2.05, 4.69) is 27.4 Å². The number of rotatable bonds is 1. The molecule has 2 aromatic rings.